The van der Waals surface area contributed by atoms with Crippen molar-refractivity contribution >= 4 is 11.6 Å². The van der Waals surface area contributed by atoms with E-state index >= 15 is 0 Å². The second-order valence-electron chi connectivity index (χ2n) is 7.20. The van der Waals surface area contributed by atoms with Crippen LogP contribution in [0.15, 0.2) is 71.8 Å². The maximum absolute atomic E-state index is 13.5. The van der Waals surface area contributed by atoms with Gasteiger partial charge < -0.3 is 5.32 Å². The zero-order valence-corrected chi connectivity index (χ0v) is 16.9. The van der Waals surface area contributed by atoms with Gasteiger partial charge in [0.1, 0.15) is 11.6 Å². The predicted octanol–water partition coefficient (Wildman–Crippen LogP) is 2.70. The molecule has 0 unspecified atom stereocenters. The molecule has 4 aromatic rings. The number of halogens is 1. The van der Waals surface area contributed by atoms with Crippen molar-refractivity contribution in [2.45, 2.75) is 25.7 Å². The molecule has 158 valence electrons. The number of nitrogens with one attached hydrogen (secondary N) is 1. The van der Waals surface area contributed by atoms with Crippen LogP contribution in [0.4, 0.5) is 4.39 Å². The van der Waals surface area contributed by atoms with Gasteiger partial charge in [-0.2, -0.15) is 0 Å². The maximum atomic E-state index is 13.5. The Morgan fingerprint density at radius 2 is 1.84 bits per heavy atom. The van der Waals surface area contributed by atoms with E-state index in [-0.39, 0.29) is 18.0 Å². The number of hydrogen-bond acceptors (Lipinski definition) is 4. The lowest BCUT2D eigenvalue weighted by Gasteiger charge is -2.07. The van der Waals surface area contributed by atoms with Crippen molar-refractivity contribution < 1.29 is 9.18 Å². The van der Waals surface area contributed by atoms with Gasteiger partial charge in [-0.1, -0.05) is 36.4 Å². The number of amides is 1. The highest BCUT2D eigenvalue weighted by Gasteiger charge is 2.13. The summed E-state index contributed by atoms with van der Waals surface area (Å²) in [6.07, 6.45) is 5.57. The molecule has 0 aliphatic rings. The molecule has 0 aliphatic heterocycles. The normalized spacial score (nSPS) is 11.0. The molecule has 1 amide bonds. The van der Waals surface area contributed by atoms with E-state index in [1.807, 2.05) is 18.2 Å². The van der Waals surface area contributed by atoms with Crippen LogP contribution in [0.2, 0.25) is 0 Å². The van der Waals surface area contributed by atoms with Crippen LogP contribution in [0.1, 0.15) is 24.2 Å². The van der Waals surface area contributed by atoms with Crippen molar-refractivity contribution in [3.8, 4) is 5.69 Å². The van der Waals surface area contributed by atoms with Crippen molar-refractivity contribution in [1.29, 1.82) is 0 Å². The number of hydrogen-bond donors (Lipinski definition) is 1. The first-order valence-electron chi connectivity index (χ1n) is 10.1. The molecule has 1 N–H and O–H groups in total. The van der Waals surface area contributed by atoms with E-state index in [1.54, 1.807) is 22.9 Å². The Bertz CT molecular complexity index is 1250. The Kier molecular flexibility index (Phi) is 6.16. The molecule has 7 nitrogen and oxygen atoms in total. The van der Waals surface area contributed by atoms with Crippen LogP contribution in [0.3, 0.4) is 0 Å². The van der Waals surface area contributed by atoms with Gasteiger partial charge >= 0.3 is 5.56 Å². The number of aryl methyl sites for hydroxylation is 2. The molecule has 4 rings (SSSR count). The summed E-state index contributed by atoms with van der Waals surface area (Å²) >= 11 is 0. The monoisotopic (exact) mass is 419 g/mol. The van der Waals surface area contributed by atoms with Crippen molar-refractivity contribution in [1.82, 2.24) is 24.5 Å². The van der Waals surface area contributed by atoms with Crippen molar-refractivity contribution in [3.05, 3.63) is 94.5 Å². The Morgan fingerprint density at radius 1 is 1.00 bits per heavy atom. The van der Waals surface area contributed by atoms with E-state index in [0.717, 1.165) is 12.8 Å². The van der Waals surface area contributed by atoms with Crippen LogP contribution in [0.25, 0.3) is 11.3 Å². The van der Waals surface area contributed by atoms with Gasteiger partial charge in [0.05, 0.1) is 5.69 Å². The summed E-state index contributed by atoms with van der Waals surface area (Å²) in [5.74, 6) is 0.0250. The van der Waals surface area contributed by atoms with E-state index in [4.69, 9.17) is 0 Å². The quantitative estimate of drug-likeness (QED) is 0.445. The summed E-state index contributed by atoms with van der Waals surface area (Å²) in [7, 11) is 0. The number of nitrogens with zero attached hydrogens (tertiary/aromatic N) is 4. The third-order valence-electron chi connectivity index (χ3n) is 5.01. The highest BCUT2D eigenvalue weighted by molar-refractivity contribution is 5.76. The first kappa shape index (κ1) is 20.5. The summed E-state index contributed by atoms with van der Waals surface area (Å²) in [5, 5.41) is 10.9. The van der Waals surface area contributed by atoms with E-state index in [2.05, 4.69) is 27.6 Å². The fourth-order valence-corrected chi connectivity index (χ4v) is 3.41. The van der Waals surface area contributed by atoms with E-state index < -0.39 is 11.4 Å². The van der Waals surface area contributed by atoms with Gasteiger partial charge in [-0.3, -0.25) is 18.6 Å². The topological polar surface area (TPSA) is 81.3 Å². The molecular weight excluding hydrogens is 397 g/mol. The van der Waals surface area contributed by atoms with Crippen LogP contribution in [-0.4, -0.2) is 31.6 Å². The summed E-state index contributed by atoms with van der Waals surface area (Å²) in [6, 6.07) is 15.9. The maximum Gasteiger partial charge on any atom is 0.300 e. The largest absolute Gasteiger partial charge is 0.356 e. The number of carbonyl (C=O) groups excluding carboxylic acids is 1. The lowest BCUT2D eigenvalue weighted by Crippen LogP contribution is -2.25. The first-order chi connectivity index (χ1) is 15.1. The van der Waals surface area contributed by atoms with Crippen LogP contribution in [0, 0.1) is 5.82 Å². The number of fused-ring (bicyclic) bond motifs is 1. The first-order valence-corrected chi connectivity index (χ1v) is 10.1. The third-order valence-corrected chi connectivity index (χ3v) is 5.01. The molecule has 0 bridgehead atoms. The van der Waals surface area contributed by atoms with E-state index in [1.165, 1.54) is 28.3 Å². The standard InChI is InChI=1S/C23H22FN5O2/c24-18-9-4-10-19(16-18)28-14-15-29-20(26-27-22(29)23(28)31)11-12-21(30)25-13-5-8-17-6-2-1-3-7-17/h1-4,6-7,9-10,14-16H,5,8,11-13H2,(H,25,30). The molecule has 2 aromatic carbocycles. The molecule has 0 radical (unpaired) electrons. The number of benzene rings is 2. The van der Waals surface area contributed by atoms with Gasteiger partial charge in [-0.25, -0.2) is 4.39 Å². The highest BCUT2D eigenvalue weighted by atomic mass is 19.1. The van der Waals surface area contributed by atoms with E-state index in [0.29, 0.717) is 24.5 Å². The molecule has 2 aromatic heterocycles. The minimum absolute atomic E-state index is 0.0714. The van der Waals surface area contributed by atoms with Gasteiger partial charge in [0.15, 0.2) is 0 Å². The average Bonchev–Trinajstić information content (AvgIpc) is 3.20. The zero-order valence-electron chi connectivity index (χ0n) is 16.9. The highest BCUT2D eigenvalue weighted by Crippen LogP contribution is 2.09. The smallest absolute Gasteiger partial charge is 0.300 e. The van der Waals surface area contributed by atoms with Crippen molar-refractivity contribution in [2.24, 2.45) is 0 Å². The Hall–Kier alpha value is -3.81. The minimum atomic E-state index is -0.429. The van der Waals surface area contributed by atoms with Gasteiger partial charge in [0.2, 0.25) is 11.6 Å². The average molecular weight is 419 g/mol. The number of carbonyl (C=O) groups is 1. The van der Waals surface area contributed by atoms with Gasteiger partial charge in [0, 0.05) is 31.8 Å². The lowest BCUT2D eigenvalue weighted by atomic mass is 10.1. The van der Waals surface area contributed by atoms with Gasteiger partial charge in [-0.05, 0) is 36.6 Å². The van der Waals surface area contributed by atoms with Crippen LogP contribution in [0.5, 0.6) is 0 Å². The zero-order chi connectivity index (χ0) is 21.6. The Morgan fingerprint density at radius 3 is 2.65 bits per heavy atom. The summed E-state index contributed by atoms with van der Waals surface area (Å²) in [5.41, 5.74) is 1.38. The molecule has 2 heterocycles. The Labute approximate surface area is 178 Å². The predicted molar refractivity (Wildman–Crippen MR) is 115 cm³/mol. The number of rotatable bonds is 8. The van der Waals surface area contributed by atoms with Crippen molar-refractivity contribution in [2.75, 3.05) is 6.54 Å². The summed E-state index contributed by atoms with van der Waals surface area (Å²) in [4.78, 5) is 24.9. The summed E-state index contributed by atoms with van der Waals surface area (Å²) in [6.45, 7) is 0.604. The molecule has 31 heavy (non-hydrogen) atoms. The van der Waals surface area contributed by atoms with Crippen molar-refractivity contribution in [3.63, 3.8) is 0 Å². The molecule has 0 atom stereocenters. The van der Waals surface area contributed by atoms with E-state index in [9.17, 15) is 14.0 Å². The summed E-state index contributed by atoms with van der Waals surface area (Å²) < 4.78 is 16.4. The van der Waals surface area contributed by atoms with Crippen LogP contribution in [-0.2, 0) is 17.6 Å². The molecule has 8 heteroatoms. The Balaban J connectivity index is 1.35. The lowest BCUT2D eigenvalue weighted by molar-refractivity contribution is -0.121. The molecule has 0 aliphatic carbocycles. The molecule has 0 saturated heterocycles. The molecular formula is C23H22FN5O2. The van der Waals surface area contributed by atoms with Gasteiger partial charge in [-0.15, -0.1) is 10.2 Å². The van der Waals surface area contributed by atoms with Crippen LogP contribution >= 0.6 is 0 Å². The van der Waals surface area contributed by atoms with Crippen LogP contribution < -0.4 is 10.9 Å². The molecule has 0 saturated carbocycles. The second-order valence-corrected chi connectivity index (χ2v) is 7.20. The minimum Gasteiger partial charge on any atom is -0.356 e. The third kappa shape index (κ3) is 4.85. The van der Waals surface area contributed by atoms with Gasteiger partial charge in [0.25, 0.3) is 0 Å². The fraction of sp³-hybridized carbons (Fsp3) is 0.217. The molecule has 0 spiro atoms. The molecule has 0 fully saturated rings. The second kappa shape index (κ2) is 9.34. The fourth-order valence-electron chi connectivity index (χ4n) is 3.41. The number of aromatic nitrogens is 4. The SMILES string of the molecule is O=C(CCc1nnc2c(=O)n(-c3cccc(F)c3)ccn12)NCCCc1ccccc1.